The lowest BCUT2D eigenvalue weighted by Crippen LogP contribution is -2.35. The average molecular weight is 357 g/mol. The first-order chi connectivity index (χ1) is 12.6. The highest BCUT2D eigenvalue weighted by molar-refractivity contribution is 5.42. The highest BCUT2D eigenvalue weighted by Crippen LogP contribution is 2.49. The Balaban J connectivity index is 1.46. The van der Waals surface area contributed by atoms with E-state index in [1.54, 1.807) is 6.07 Å². The van der Waals surface area contributed by atoms with E-state index in [-0.39, 0.29) is 0 Å². The summed E-state index contributed by atoms with van der Waals surface area (Å²) in [5, 5.41) is 8.97. The quantitative estimate of drug-likeness (QED) is 0.619. The standard InChI is InChI=1S/C23H29F2N/c1-2-14-3-4-16-10-17(6-5-15(16)9-14)18-7-8-20-19(11-18)12-22(24)21(13-26)23(20)25/h12,14-18H,2-11H2,1H3. The molecule has 0 aromatic heterocycles. The summed E-state index contributed by atoms with van der Waals surface area (Å²) in [6.45, 7) is 2.33. The SMILES string of the molecule is CCC1CCC2CC(C3CCc4c(cc(F)c(C#N)c4F)C3)CCC2C1. The van der Waals surface area contributed by atoms with Crippen LogP contribution in [0.2, 0.25) is 0 Å². The highest BCUT2D eigenvalue weighted by Gasteiger charge is 2.38. The van der Waals surface area contributed by atoms with Gasteiger partial charge in [-0.3, -0.25) is 0 Å². The van der Waals surface area contributed by atoms with Crippen LogP contribution in [0.15, 0.2) is 6.07 Å². The van der Waals surface area contributed by atoms with Gasteiger partial charge in [-0.05, 0) is 98.1 Å². The van der Waals surface area contributed by atoms with Gasteiger partial charge in [-0.2, -0.15) is 5.26 Å². The normalized spacial score (nSPS) is 33.8. The highest BCUT2D eigenvalue weighted by atomic mass is 19.1. The predicted octanol–water partition coefficient (Wildman–Crippen LogP) is 6.18. The predicted molar refractivity (Wildman–Crippen MR) is 98.5 cm³/mol. The van der Waals surface area contributed by atoms with E-state index in [4.69, 9.17) is 5.26 Å². The van der Waals surface area contributed by atoms with Gasteiger partial charge >= 0.3 is 0 Å². The first-order valence-electron chi connectivity index (χ1n) is 10.5. The van der Waals surface area contributed by atoms with Crippen molar-refractivity contribution in [2.24, 2.45) is 29.6 Å². The monoisotopic (exact) mass is 357 g/mol. The zero-order valence-electron chi connectivity index (χ0n) is 15.7. The largest absolute Gasteiger partial charge is 0.205 e. The van der Waals surface area contributed by atoms with Crippen molar-refractivity contribution in [3.8, 4) is 6.07 Å². The third kappa shape index (κ3) is 3.17. The molecule has 0 heterocycles. The molecule has 1 aromatic carbocycles. The number of benzene rings is 1. The van der Waals surface area contributed by atoms with Gasteiger partial charge in [0.1, 0.15) is 23.3 Å². The van der Waals surface area contributed by atoms with Crippen LogP contribution in [0.4, 0.5) is 8.78 Å². The zero-order valence-corrected chi connectivity index (χ0v) is 15.7. The second kappa shape index (κ2) is 7.29. The van der Waals surface area contributed by atoms with E-state index in [1.165, 1.54) is 51.0 Å². The number of rotatable bonds is 2. The van der Waals surface area contributed by atoms with Gasteiger partial charge in [0.2, 0.25) is 0 Å². The maximum atomic E-state index is 14.4. The van der Waals surface area contributed by atoms with Crippen molar-refractivity contribution in [2.45, 2.75) is 71.1 Å². The van der Waals surface area contributed by atoms with Gasteiger partial charge in [0.25, 0.3) is 0 Å². The van der Waals surface area contributed by atoms with Crippen LogP contribution < -0.4 is 0 Å². The Morgan fingerprint density at radius 1 is 1.00 bits per heavy atom. The van der Waals surface area contributed by atoms with Gasteiger partial charge in [-0.15, -0.1) is 0 Å². The van der Waals surface area contributed by atoms with Gasteiger partial charge < -0.3 is 0 Å². The molecule has 0 amide bonds. The topological polar surface area (TPSA) is 23.8 Å². The molecule has 2 saturated carbocycles. The summed E-state index contributed by atoms with van der Waals surface area (Å²) in [6.07, 6.45) is 11.9. The van der Waals surface area contributed by atoms with Crippen molar-refractivity contribution in [1.29, 1.82) is 5.26 Å². The second-order valence-corrected chi connectivity index (χ2v) is 8.98. The Hall–Kier alpha value is -1.43. The first-order valence-corrected chi connectivity index (χ1v) is 10.5. The smallest absolute Gasteiger partial charge is 0.147 e. The molecule has 3 aliphatic carbocycles. The Morgan fingerprint density at radius 3 is 2.42 bits per heavy atom. The fourth-order valence-corrected chi connectivity index (χ4v) is 6.20. The van der Waals surface area contributed by atoms with Gasteiger partial charge in [0.05, 0.1) is 0 Å². The summed E-state index contributed by atoms with van der Waals surface area (Å²) in [5.41, 5.74) is 0.999. The van der Waals surface area contributed by atoms with E-state index in [0.29, 0.717) is 23.8 Å². The number of hydrogen-bond donors (Lipinski definition) is 0. The summed E-state index contributed by atoms with van der Waals surface area (Å²) in [6, 6.07) is 3.11. The van der Waals surface area contributed by atoms with Crippen LogP contribution in [0.5, 0.6) is 0 Å². The molecule has 5 unspecified atom stereocenters. The van der Waals surface area contributed by atoms with E-state index >= 15 is 0 Å². The lowest BCUT2D eigenvalue weighted by Gasteiger charge is -2.45. The minimum atomic E-state index is -0.689. The summed E-state index contributed by atoms with van der Waals surface area (Å²) >= 11 is 0. The van der Waals surface area contributed by atoms with Gasteiger partial charge in [0, 0.05) is 0 Å². The third-order valence-electron chi connectivity index (χ3n) is 7.78. The molecule has 0 bridgehead atoms. The molecule has 5 atom stereocenters. The molecule has 3 heteroatoms. The Kier molecular flexibility index (Phi) is 5.04. The Bertz CT molecular complexity index is 720. The van der Waals surface area contributed by atoms with Crippen LogP contribution in [-0.2, 0) is 12.8 Å². The van der Waals surface area contributed by atoms with E-state index in [2.05, 4.69) is 6.92 Å². The zero-order chi connectivity index (χ0) is 18.3. The van der Waals surface area contributed by atoms with Crippen LogP contribution in [0.1, 0.15) is 75.0 Å². The Labute approximate surface area is 155 Å². The summed E-state index contributed by atoms with van der Waals surface area (Å²) in [7, 11) is 0. The van der Waals surface area contributed by atoms with Gasteiger partial charge in [-0.1, -0.05) is 19.8 Å². The van der Waals surface area contributed by atoms with Gasteiger partial charge in [-0.25, -0.2) is 8.78 Å². The molecule has 0 aliphatic heterocycles. The summed E-state index contributed by atoms with van der Waals surface area (Å²) < 4.78 is 28.5. The molecule has 0 N–H and O–H groups in total. The number of nitriles is 1. The van der Waals surface area contributed by atoms with Crippen molar-refractivity contribution in [1.82, 2.24) is 0 Å². The molecular formula is C23H29F2N. The van der Waals surface area contributed by atoms with Crippen LogP contribution >= 0.6 is 0 Å². The number of nitrogens with zero attached hydrogens (tertiary/aromatic N) is 1. The van der Waals surface area contributed by atoms with Crippen molar-refractivity contribution < 1.29 is 8.78 Å². The maximum Gasteiger partial charge on any atom is 0.147 e. The summed E-state index contributed by atoms with van der Waals surface area (Å²) in [4.78, 5) is 0. The minimum Gasteiger partial charge on any atom is -0.205 e. The number of halogens is 2. The average Bonchev–Trinajstić information content (AvgIpc) is 2.67. The molecule has 0 spiro atoms. The molecule has 1 aromatic rings. The van der Waals surface area contributed by atoms with Crippen LogP contribution in [0, 0.1) is 52.6 Å². The van der Waals surface area contributed by atoms with Crippen molar-refractivity contribution >= 4 is 0 Å². The molecule has 2 fully saturated rings. The molecule has 1 nitrogen and oxygen atoms in total. The van der Waals surface area contributed by atoms with Crippen molar-refractivity contribution in [2.75, 3.05) is 0 Å². The number of hydrogen-bond acceptors (Lipinski definition) is 1. The van der Waals surface area contributed by atoms with E-state index in [1.807, 2.05) is 0 Å². The molecule has 140 valence electrons. The molecule has 0 saturated heterocycles. The molecule has 4 rings (SSSR count). The van der Waals surface area contributed by atoms with Crippen molar-refractivity contribution in [3.05, 3.63) is 34.4 Å². The molecule has 0 radical (unpaired) electrons. The lowest BCUT2D eigenvalue weighted by atomic mass is 9.61. The fourth-order valence-electron chi connectivity index (χ4n) is 6.20. The Morgan fingerprint density at radius 2 is 1.69 bits per heavy atom. The van der Waals surface area contributed by atoms with Crippen LogP contribution in [0.3, 0.4) is 0 Å². The van der Waals surface area contributed by atoms with Crippen LogP contribution in [-0.4, -0.2) is 0 Å². The van der Waals surface area contributed by atoms with E-state index < -0.39 is 17.2 Å². The van der Waals surface area contributed by atoms with Gasteiger partial charge in [0.15, 0.2) is 0 Å². The van der Waals surface area contributed by atoms with Crippen LogP contribution in [0.25, 0.3) is 0 Å². The first kappa shape index (κ1) is 18.0. The third-order valence-corrected chi connectivity index (χ3v) is 7.78. The molecule has 26 heavy (non-hydrogen) atoms. The minimum absolute atomic E-state index is 0.407. The fraction of sp³-hybridized carbons (Fsp3) is 0.696. The van der Waals surface area contributed by atoms with Crippen molar-refractivity contribution in [3.63, 3.8) is 0 Å². The lowest BCUT2D eigenvalue weighted by molar-refractivity contribution is 0.0706. The van der Waals surface area contributed by atoms with E-state index in [0.717, 1.165) is 36.2 Å². The maximum absolute atomic E-state index is 14.4. The molecular weight excluding hydrogens is 328 g/mol. The molecule has 3 aliphatic rings. The second-order valence-electron chi connectivity index (χ2n) is 8.98. The summed E-state index contributed by atoms with van der Waals surface area (Å²) in [5.74, 6) is 2.72. The van der Waals surface area contributed by atoms with E-state index in [9.17, 15) is 8.78 Å². The number of fused-ring (bicyclic) bond motifs is 2.